The molecule has 0 aliphatic carbocycles. The highest BCUT2D eigenvalue weighted by Gasteiger charge is 2.35. The Bertz CT molecular complexity index is 325. The van der Waals surface area contributed by atoms with Crippen LogP contribution in [0.5, 0.6) is 0 Å². The minimum absolute atomic E-state index is 0.0218. The second-order valence-electron chi connectivity index (χ2n) is 5.61. The minimum atomic E-state index is -0.598. The molecule has 1 unspecified atom stereocenters. The Labute approximate surface area is 118 Å². The van der Waals surface area contributed by atoms with Crippen molar-refractivity contribution in [2.75, 3.05) is 17.3 Å². The van der Waals surface area contributed by atoms with Crippen LogP contribution in [0.1, 0.15) is 40.0 Å². The van der Waals surface area contributed by atoms with Crippen molar-refractivity contribution in [2.24, 2.45) is 0 Å². The average Bonchev–Trinajstić information content (AvgIpc) is 2.72. The molecule has 1 fully saturated rings. The van der Waals surface area contributed by atoms with E-state index in [1.165, 1.54) is 0 Å². The van der Waals surface area contributed by atoms with Crippen LogP contribution in [0.25, 0.3) is 0 Å². The molecule has 1 aliphatic rings. The molecular formula is C13H22N2OS2. The summed E-state index contributed by atoms with van der Waals surface area (Å²) in [5, 5.41) is 12.1. The molecule has 1 saturated heterocycles. The van der Waals surface area contributed by atoms with Gasteiger partial charge in [0.2, 0.25) is 5.91 Å². The molecule has 18 heavy (non-hydrogen) atoms. The number of nitrogens with one attached hydrogen (secondary N) is 1. The molecule has 0 radical (unpaired) electrons. The zero-order valence-electron chi connectivity index (χ0n) is 11.4. The summed E-state index contributed by atoms with van der Waals surface area (Å²) in [6, 6.07) is 2.27. The third-order valence-electron chi connectivity index (χ3n) is 2.70. The van der Waals surface area contributed by atoms with Crippen molar-refractivity contribution in [2.45, 2.75) is 50.3 Å². The lowest BCUT2D eigenvalue weighted by molar-refractivity contribution is -0.122. The van der Waals surface area contributed by atoms with Crippen molar-refractivity contribution in [1.82, 2.24) is 5.32 Å². The van der Waals surface area contributed by atoms with Crippen molar-refractivity contribution >= 4 is 29.4 Å². The van der Waals surface area contributed by atoms with Gasteiger partial charge >= 0.3 is 0 Å². The van der Waals surface area contributed by atoms with Crippen LogP contribution in [-0.2, 0) is 4.79 Å². The topological polar surface area (TPSA) is 52.9 Å². The molecule has 5 heteroatoms. The van der Waals surface area contributed by atoms with Crippen molar-refractivity contribution in [3.63, 3.8) is 0 Å². The maximum Gasteiger partial charge on any atom is 0.221 e. The number of nitrogens with zero attached hydrogens (tertiary/aromatic N) is 1. The summed E-state index contributed by atoms with van der Waals surface area (Å²) in [6.45, 7) is 6.54. The van der Waals surface area contributed by atoms with Crippen molar-refractivity contribution in [1.29, 1.82) is 5.26 Å². The Hall–Kier alpha value is -0.340. The Morgan fingerprint density at radius 1 is 1.56 bits per heavy atom. The molecule has 0 aromatic carbocycles. The molecule has 102 valence electrons. The van der Waals surface area contributed by atoms with E-state index < -0.39 is 5.54 Å². The molecule has 0 bridgehead atoms. The Kier molecular flexibility index (Phi) is 5.87. The third-order valence-corrected chi connectivity index (χ3v) is 5.25. The van der Waals surface area contributed by atoms with Crippen LogP contribution in [0.2, 0.25) is 0 Å². The number of rotatable bonds is 5. The summed E-state index contributed by atoms with van der Waals surface area (Å²) in [7, 11) is 0. The molecule has 3 nitrogen and oxygen atoms in total. The molecule has 0 saturated carbocycles. The van der Waals surface area contributed by atoms with E-state index in [0.29, 0.717) is 6.42 Å². The van der Waals surface area contributed by atoms with Gasteiger partial charge < -0.3 is 5.32 Å². The van der Waals surface area contributed by atoms with Gasteiger partial charge in [0.05, 0.1) is 6.07 Å². The van der Waals surface area contributed by atoms with E-state index in [1.807, 2.05) is 11.8 Å². The highest BCUT2D eigenvalue weighted by Crippen LogP contribution is 2.27. The maximum absolute atomic E-state index is 11.8. The van der Waals surface area contributed by atoms with Gasteiger partial charge in [-0.2, -0.15) is 28.8 Å². The Morgan fingerprint density at radius 3 is 2.78 bits per heavy atom. The third kappa shape index (κ3) is 5.53. The molecular weight excluding hydrogens is 264 g/mol. The monoisotopic (exact) mass is 286 g/mol. The predicted molar refractivity (Wildman–Crippen MR) is 79.9 cm³/mol. The summed E-state index contributed by atoms with van der Waals surface area (Å²) in [6.07, 6.45) is 2.18. The molecule has 1 amide bonds. The summed E-state index contributed by atoms with van der Waals surface area (Å²) in [5.41, 5.74) is -0.598. The minimum Gasteiger partial charge on any atom is -0.337 e. The molecule has 1 rings (SSSR count). The van der Waals surface area contributed by atoms with E-state index in [2.05, 4.69) is 32.2 Å². The summed E-state index contributed by atoms with van der Waals surface area (Å²) < 4.78 is 0.256. The Morgan fingerprint density at radius 2 is 2.28 bits per heavy atom. The zero-order chi connectivity index (χ0) is 13.6. The van der Waals surface area contributed by atoms with Gasteiger partial charge in [-0.15, -0.1) is 0 Å². The van der Waals surface area contributed by atoms with E-state index in [9.17, 15) is 4.79 Å². The van der Waals surface area contributed by atoms with Crippen LogP contribution in [0.15, 0.2) is 0 Å². The second kappa shape index (κ2) is 6.72. The SMILES string of the molecule is CC(C)(C)SCCCC(=O)NC1(C#N)CCSC1. The van der Waals surface area contributed by atoms with Gasteiger partial charge in [0.25, 0.3) is 0 Å². The molecule has 1 N–H and O–H groups in total. The first-order chi connectivity index (χ1) is 8.37. The lowest BCUT2D eigenvalue weighted by atomic mass is 10.0. The fraction of sp³-hybridized carbons (Fsp3) is 0.846. The smallest absolute Gasteiger partial charge is 0.221 e. The lowest BCUT2D eigenvalue weighted by Gasteiger charge is -2.21. The zero-order valence-corrected chi connectivity index (χ0v) is 13.0. The summed E-state index contributed by atoms with van der Waals surface area (Å²) in [5.74, 6) is 2.71. The quantitative estimate of drug-likeness (QED) is 0.790. The first-order valence-corrected chi connectivity index (χ1v) is 8.45. The van der Waals surface area contributed by atoms with Crippen LogP contribution >= 0.6 is 23.5 Å². The fourth-order valence-electron chi connectivity index (χ4n) is 1.72. The molecule has 0 aromatic rings. The molecule has 1 aliphatic heterocycles. The van der Waals surface area contributed by atoms with Crippen molar-refractivity contribution in [3.05, 3.63) is 0 Å². The van der Waals surface area contributed by atoms with Crippen molar-refractivity contribution in [3.8, 4) is 6.07 Å². The van der Waals surface area contributed by atoms with E-state index in [0.717, 1.165) is 30.1 Å². The molecule has 0 spiro atoms. The molecule has 0 aromatic heterocycles. The highest BCUT2D eigenvalue weighted by atomic mass is 32.2. The number of thioether (sulfide) groups is 2. The number of hydrogen-bond acceptors (Lipinski definition) is 4. The molecule has 1 heterocycles. The second-order valence-corrected chi connectivity index (χ2v) is 8.64. The predicted octanol–water partition coefficient (Wildman–Crippen LogP) is 2.81. The van der Waals surface area contributed by atoms with E-state index in [-0.39, 0.29) is 10.7 Å². The van der Waals surface area contributed by atoms with Gasteiger partial charge in [-0.3, -0.25) is 4.79 Å². The molecule has 1 atom stereocenters. The summed E-state index contributed by atoms with van der Waals surface area (Å²) >= 11 is 3.61. The van der Waals surface area contributed by atoms with Gasteiger partial charge in [-0.25, -0.2) is 0 Å². The van der Waals surface area contributed by atoms with Gasteiger partial charge in [-0.1, -0.05) is 20.8 Å². The van der Waals surface area contributed by atoms with Crippen LogP contribution in [0.3, 0.4) is 0 Å². The highest BCUT2D eigenvalue weighted by molar-refractivity contribution is 8.00. The van der Waals surface area contributed by atoms with E-state index in [1.54, 1.807) is 11.8 Å². The maximum atomic E-state index is 11.8. The standard InChI is InChI=1S/C13H22N2OS2/c1-12(2,3)18-7-4-5-11(16)15-13(9-14)6-8-17-10-13/h4-8,10H2,1-3H3,(H,15,16). The number of carbonyl (C=O) groups is 1. The van der Waals surface area contributed by atoms with Crippen LogP contribution in [0.4, 0.5) is 0 Å². The van der Waals surface area contributed by atoms with Gasteiger partial charge in [0.15, 0.2) is 0 Å². The number of amides is 1. The van der Waals surface area contributed by atoms with Crippen molar-refractivity contribution < 1.29 is 4.79 Å². The Balaban J connectivity index is 2.24. The van der Waals surface area contributed by atoms with Gasteiger partial charge in [0.1, 0.15) is 5.54 Å². The van der Waals surface area contributed by atoms with E-state index >= 15 is 0 Å². The number of hydrogen-bond donors (Lipinski definition) is 1. The van der Waals surface area contributed by atoms with Crippen LogP contribution in [0, 0.1) is 11.3 Å². The average molecular weight is 286 g/mol. The fourth-order valence-corrected chi connectivity index (χ4v) is 3.89. The lowest BCUT2D eigenvalue weighted by Crippen LogP contribution is -2.47. The first kappa shape index (κ1) is 15.7. The summed E-state index contributed by atoms with van der Waals surface area (Å²) in [4.78, 5) is 11.8. The van der Waals surface area contributed by atoms with E-state index in [4.69, 9.17) is 5.26 Å². The number of carbonyl (C=O) groups excluding carboxylic acids is 1. The van der Waals surface area contributed by atoms with Gasteiger partial charge in [0, 0.05) is 16.9 Å². The number of nitriles is 1. The van der Waals surface area contributed by atoms with Crippen LogP contribution < -0.4 is 5.32 Å². The van der Waals surface area contributed by atoms with Crippen LogP contribution in [-0.4, -0.2) is 33.5 Å². The first-order valence-electron chi connectivity index (χ1n) is 6.31. The normalized spacial score (nSPS) is 23.7. The van der Waals surface area contributed by atoms with Gasteiger partial charge in [-0.05, 0) is 24.3 Å². The largest absolute Gasteiger partial charge is 0.337 e.